The highest BCUT2D eigenvalue weighted by molar-refractivity contribution is 5.92. The molecule has 1 aliphatic carbocycles. The van der Waals surface area contributed by atoms with Crippen LogP contribution in [0.5, 0.6) is 5.75 Å². The highest BCUT2D eigenvalue weighted by Crippen LogP contribution is 2.27. The van der Waals surface area contributed by atoms with E-state index in [2.05, 4.69) is 15.5 Å². The molecule has 25 heavy (non-hydrogen) atoms. The number of amides is 1. The second-order valence-corrected chi connectivity index (χ2v) is 6.49. The molecule has 1 amide bonds. The van der Waals surface area contributed by atoms with E-state index in [0.29, 0.717) is 24.3 Å². The molecular formula is C18H22FN3O3. The van der Waals surface area contributed by atoms with Gasteiger partial charge in [-0.15, -0.1) is 0 Å². The molecule has 0 atom stereocenters. The van der Waals surface area contributed by atoms with Crippen LogP contribution in [0.25, 0.3) is 0 Å². The lowest BCUT2D eigenvalue weighted by molar-refractivity contribution is 0.00521. The summed E-state index contributed by atoms with van der Waals surface area (Å²) < 4.78 is 18.6. The minimum Gasteiger partial charge on any atom is -0.487 e. The number of rotatable bonds is 6. The van der Waals surface area contributed by atoms with Gasteiger partial charge in [0.1, 0.15) is 23.9 Å². The monoisotopic (exact) mass is 347 g/mol. The van der Waals surface area contributed by atoms with Crippen molar-refractivity contribution in [1.82, 2.24) is 15.5 Å². The number of hydrogen-bond acceptors (Lipinski definition) is 4. The summed E-state index contributed by atoms with van der Waals surface area (Å²) in [7, 11) is 0. The first-order valence-electron chi connectivity index (χ1n) is 8.47. The molecule has 7 heteroatoms. The van der Waals surface area contributed by atoms with Gasteiger partial charge >= 0.3 is 0 Å². The zero-order chi connectivity index (χ0) is 17.7. The van der Waals surface area contributed by atoms with Crippen molar-refractivity contribution in [2.24, 2.45) is 0 Å². The minimum absolute atomic E-state index is 0.146. The van der Waals surface area contributed by atoms with Gasteiger partial charge in [-0.1, -0.05) is 25.3 Å². The predicted molar refractivity (Wildman–Crippen MR) is 89.7 cm³/mol. The Morgan fingerprint density at radius 1 is 1.32 bits per heavy atom. The van der Waals surface area contributed by atoms with Crippen molar-refractivity contribution in [3.8, 4) is 5.75 Å². The molecule has 0 bridgehead atoms. The maximum Gasteiger partial charge on any atom is 0.271 e. The lowest BCUT2D eigenvalue weighted by Gasteiger charge is -2.31. The van der Waals surface area contributed by atoms with Crippen LogP contribution < -0.4 is 10.1 Å². The molecule has 1 saturated carbocycles. The van der Waals surface area contributed by atoms with E-state index >= 15 is 0 Å². The Morgan fingerprint density at radius 3 is 2.88 bits per heavy atom. The van der Waals surface area contributed by atoms with Gasteiger partial charge in [-0.2, -0.15) is 5.10 Å². The van der Waals surface area contributed by atoms with Crippen molar-refractivity contribution in [2.45, 2.75) is 44.3 Å². The van der Waals surface area contributed by atoms with E-state index < -0.39 is 5.60 Å². The van der Waals surface area contributed by atoms with Crippen LogP contribution in [0.15, 0.2) is 30.3 Å². The van der Waals surface area contributed by atoms with E-state index in [1.807, 2.05) is 0 Å². The number of aromatic nitrogens is 2. The van der Waals surface area contributed by atoms with E-state index in [1.54, 1.807) is 18.2 Å². The summed E-state index contributed by atoms with van der Waals surface area (Å²) in [5, 5.41) is 19.8. The first-order valence-corrected chi connectivity index (χ1v) is 8.47. The van der Waals surface area contributed by atoms with Crippen molar-refractivity contribution in [3.05, 3.63) is 47.5 Å². The number of ether oxygens (including phenoxy) is 1. The van der Waals surface area contributed by atoms with Crippen LogP contribution in [0, 0.1) is 5.82 Å². The van der Waals surface area contributed by atoms with E-state index in [9.17, 15) is 14.3 Å². The largest absolute Gasteiger partial charge is 0.487 e. The third kappa shape index (κ3) is 4.79. The molecule has 3 rings (SSSR count). The van der Waals surface area contributed by atoms with Crippen molar-refractivity contribution in [1.29, 1.82) is 0 Å². The van der Waals surface area contributed by atoms with Gasteiger partial charge in [-0.25, -0.2) is 4.39 Å². The van der Waals surface area contributed by atoms with Crippen molar-refractivity contribution < 1.29 is 19.0 Å². The molecule has 1 fully saturated rings. The van der Waals surface area contributed by atoms with Gasteiger partial charge < -0.3 is 15.2 Å². The van der Waals surface area contributed by atoms with Crippen LogP contribution >= 0.6 is 0 Å². The summed E-state index contributed by atoms with van der Waals surface area (Å²) in [5.74, 6) is -0.310. The standard InChI is InChI=1S/C18H22FN3O3/c19-13-5-4-6-15(9-13)25-11-14-10-16(22-21-14)17(23)20-12-18(24)7-2-1-3-8-18/h4-6,9-10,24H,1-3,7-8,11-12H2,(H,20,23)(H,21,22). The Balaban J connectivity index is 1.51. The summed E-state index contributed by atoms with van der Waals surface area (Å²) in [6, 6.07) is 7.42. The zero-order valence-corrected chi connectivity index (χ0v) is 13.9. The molecule has 0 spiro atoms. The van der Waals surface area contributed by atoms with E-state index in [4.69, 9.17) is 4.74 Å². The van der Waals surface area contributed by atoms with E-state index in [1.165, 1.54) is 12.1 Å². The summed E-state index contributed by atoms with van der Waals surface area (Å²) >= 11 is 0. The highest BCUT2D eigenvalue weighted by atomic mass is 19.1. The summed E-state index contributed by atoms with van der Waals surface area (Å²) in [4.78, 5) is 12.2. The maximum absolute atomic E-state index is 13.1. The predicted octanol–water partition coefficient (Wildman–Crippen LogP) is 2.55. The number of benzene rings is 1. The average molecular weight is 347 g/mol. The smallest absolute Gasteiger partial charge is 0.271 e. The molecule has 6 nitrogen and oxygen atoms in total. The van der Waals surface area contributed by atoms with Gasteiger partial charge in [0.25, 0.3) is 5.91 Å². The number of carbonyl (C=O) groups excluding carboxylic acids is 1. The molecule has 1 aromatic carbocycles. The van der Waals surface area contributed by atoms with Gasteiger partial charge in [0.15, 0.2) is 0 Å². The molecule has 0 saturated heterocycles. The number of hydrogen-bond donors (Lipinski definition) is 3. The number of carbonyl (C=O) groups is 1. The fourth-order valence-electron chi connectivity index (χ4n) is 2.99. The van der Waals surface area contributed by atoms with Gasteiger partial charge in [-0.05, 0) is 31.0 Å². The van der Waals surface area contributed by atoms with Crippen LogP contribution in [0.4, 0.5) is 4.39 Å². The van der Waals surface area contributed by atoms with Gasteiger partial charge in [0.05, 0.1) is 11.3 Å². The van der Waals surface area contributed by atoms with Crippen LogP contribution in [0.2, 0.25) is 0 Å². The van der Waals surface area contributed by atoms with Crippen molar-refractivity contribution in [3.63, 3.8) is 0 Å². The second kappa shape index (κ2) is 7.65. The Morgan fingerprint density at radius 2 is 2.12 bits per heavy atom. The van der Waals surface area contributed by atoms with Crippen LogP contribution in [-0.2, 0) is 6.61 Å². The van der Waals surface area contributed by atoms with Gasteiger partial charge in [0, 0.05) is 12.6 Å². The average Bonchev–Trinajstić information content (AvgIpc) is 3.08. The Kier molecular flexibility index (Phi) is 5.33. The summed E-state index contributed by atoms with van der Waals surface area (Å²) in [6.45, 7) is 0.376. The lowest BCUT2D eigenvalue weighted by atomic mass is 9.85. The molecule has 134 valence electrons. The number of aromatic amines is 1. The molecule has 0 aliphatic heterocycles. The summed E-state index contributed by atoms with van der Waals surface area (Å²) in [6.07, 6.45) is 4.51. The molecule has 2 aromatic rings. The van der Waals surface area contributed by atoms with Crippen LogP contribution in [-0.4, -0.2) is 33.4 Å². The van der Waals surface area contributed by atoms with E-state index in [-0.39, 0.29) is 30.6 Å². The molecule has 1 aliphatic rings. The second-order valence-electron chi connectivity index (χ2n) is 6.49. The van der Waals surface area contributed by atoms with Gasteiger partial charge in [-0.3, -0.25) is 9.89 Å². The molecule has 1 heterocycles. The number of nitrogens with one attached hydrogen (secondary N) is 2. The third-order valence-corrected chi connectivity index (χ3v) is 4.42. The van der Waals surface area contributed by atoms with Crippen molar-refractivity contribution in [2.75, 3.05) is 6.54 Å². The first kappa shape index (κ1) is 17.4. The highest BCUT2D eigenvalue weighted by Gasteiger charge is 2.29. The first-order chi connectivity index (χ1) is 12.0. The topological polar surface area (TPSA) is 87.2 Å². The zero-order valence-electron chi connectivity index (χ0n) is 13.9. The fourth-order valence-corrected chi connectivity index (χ4v) is 2.99. The number of nitrogens with zero attached hydrogens (tertiary/aromatic N) is 1. The normalized spacial score (nSPS) is 16.4. The van der Waals surface area contributed by atoms with Gasteiger partial charge in [0.2, 0.25) is 0 Å². The van der Waals surface area contributed by atoms with E-state index in [0.717, 1.165) is 19.3 Å². The molecule has 3 N–H and O–H groups in total. The van der Waals surface area contributed by atoms with Crippen LogP contribution in [0.3, 0.4) is 0 Å². The fraction of sp³-hybridized carbons (Fsp3) is 0.444. The van der Waals surface area contributed by atoms with Crippen molar-refractivity contribution >= 4 is 5.91 Å². The third-order valence-electron chi connectivity index (χ3n) is 4.42. The molecule has 0 unspecified atom stereocenters. The Labute approximate surface area is 145 Å². The minimum atomic E-state index is -0.812. The maximum atomic E-state index is 13.1. The molecular weight excluding hydrogens is 325 g/mol. The quantitative estimate of drug-likeness (QED) is 0.749. The molecule has 0 radical (unpaired) electrons. The molecule has 1 aromatic heterocycles. The van der Waals surface area contributed by atoms with Crippen LogP contribution in [0.1, 0.15) is 48.3 Å². The Bertz CT molecular complexity index is 726. The Hall–Kier alpha value is -2.41. The number of H-pyrrole nitrogens is 1. The summed E-state index contributed by atoms with van der Waals surface area (Å²) in [5.41, 5.74) is 0.0242. The number of aliphatic hydroxyl groups is 1. The SMILES string of the molecule is O=C(NCC1(O)CCCCC1)c1cc(COc2cccc(F)c2)[nH]n1. The number of halogens is 1. The lowest BCUT2D eigenvalue weighted by Crippen LogP contribution is -2.44.